The molecule has 0 saturated heterocycles. The maximum absolute atomic E-state index is 13.2. The van der Waals surface area contributed by atoms with E-state index in [0.29, 0.717) is 5.56 Å². The molecule has 1 aromatic carbocycles. The molecule has 7 nitrogen and oxygen atoms in total. The van der Waals surface area contributed by atoms with Gasteiger partial charge in [0.2, 0.25) is 4.90 Å². The molecule has 0 aliphatic heterocycles. The van der Waals surface area contributed by atoms with E-state index in [9.17, 15) is 22.9 Å². The molecule has 0 N–H and O–H groups in total. The molecule has 0 saturated carbocycles. The molecule has 0 spiro atoms. The van der Waals surface area contributed by atoms with Gasteiger partial charge in [-0.2, -0.15) is 4.68 Å². The van der Waals surface area contributed by atoms with Crippen molar-refractivity contribution in [1.82, 2.24) is 9.78 Å². The Labute approximate surface area is 123 Å². The minimum Gasteiger partial charge on any atom is -0.358 e. The van der Waals surface area contributed by atoms with Gasteiger partial charge in [-0.25, -0.2) is 12.8 Å². The Balaban J connectivity index is 2.47. The van der Waals surface area contributed by atoms with Gasteiger partial charge in [-0.05, 0) is 35.1 Å². The number of aromatic nitrogens is 2. The molecular weight excluding hydrogens is 325 g/mol. The summed E-state index contributed by atoms with van der Waals surface area (Å²) >= 11 is 0. The van der Waals surface area contributed by atoms with E-state index in [1.807, 2.05) is 0 Å². The summed E-state index contributed by atoms with van der Waals surface area (Å²) in [6.45, 7) is 1.71. The van der Waals surface area contributed by atoms with Crippen LogP contribution in [0.1, 0.15) is 11.1 Å². The van der Waals surface area contributed by atoms with Gasteiger partial charge < -0.3 is 10.1 Å². The van der Waals surface area contributed by atoms with Crippen LogP contribution in [-0.4, -0.2) is 23.1 Å². The zero-order valence-electron chi connectivity index (χ0n) is 10.7. The smallest absolute Gasteiger partial charge is 0.358 e. The zero-order chi connectivity index (χ0) is 15.8. The van der Waals surface area contributed by atoms with Crippen LogP contribution >= 0.6 is 10.7 Å². The molecule has 0 amide bonds. The van der Waals surface area contributed by atoms with Gasteiger partial charge >= 0.3 is 5.82 Å². The van der Waals surface area contributed by atoms with Crippen molar-refractivity contribution in [3.05, 3.63) is 51.5 Å². The molecule has 0 unspecified atom stereocenters. The van der Waals surface area contributed by atoms with Crippen molar-refractivity contribution in [2.45, 2.75) is 18.4 Å². The van der Waals surface area contributed by atoms with Crippen LogP contribution in [0.5, 0.6) is 0 Å². The van der Waals surface area contributed by atoms with E-state index in [2.05, 4.69) is 5.10 Å². The number of rotatable bonds is 4. The van der Waals surface area contributed by atoms with E-state index in [0.717, 1.165) is 16.4 Å². The topological polar surface area (TPSA) is 95.1 Å². The monoisotopic (exact) mass is 333 g/mol. The number of nitro groups is 1. The number of hydrogen-bond donors (Lipinski definition) is 0. The summed E-state index contributed by atoms with van der Waals surface area (Å²) in [7, 11) is 0.840. The fraction of sp³-hybridized carbons (Fsp3) is 0.182. The van der Waals surface area contributed by atoms with Crippen molar-refractivity contribution in [2.24, 2.45) is 0 Å². The van der Waals surface area contributed by atoms with Gasteiger partial charge in [-0.15, -0.1) is 0 Å². The summed E-state index contributed by atoms with van der Waals surface area (Å²) in [6, 6.07) is 4.07. The maximum atomic E-state index is 13.2. The van der Waals surface area contributed by atoms with Crippen molar-refractivity contribution >= 4 is 25.6 Å². The van der Waals surface area contributed by atoms with E-state index in [-0.39, 0.29) is 6.54 Å². The molecule has 2 aromatic rings. The summed E-state index contributed by atoms with van der Waals surface area (Å²) < 4.78 is 36.8. The molecular formula is C11H9ClFN3O4S. The first-order chi connectivity index (χ1) is 9.68. The Kier molecular flexibility index (Phi) is 3.97. The standard InChI is InChI=1S/C11H9ClFN3O4S/c1-7-2-3-9(13)4-8(7)5-15-6-10(21(12,19)20)11(14-15)16(17)18/h2-4,6H,5H2,1H3. The highest BCUT2D eigenvalue weighted by Crippen LogP contribution is 2.25. The summed E-state index contributed by atoms with van der Waals surface area (Å²) in [5.41, 5.74) is 1.26. The fourth-order valence-electron chi connectivity index (χ4n) is 1.76. The van der Waals surface area contributed by atoms with Crippen molar-refractivity contribution in [3.63, 3.8) is 0 Å². The lowest BCUT2D eigenvalue weighted by molar-refractivity contribution is -0.392. The van der Waals surface area contributed by atoms with Crippen LogP contribution in [-0.2, 0) is 15.6 Å². The number of halogens is 2. The van der Waals surface area contributed by atoms with Crippen LogP contribution in [0.25, 0.3) is 0 Å². The van der Waals surface area contributed by atoms with Crippen molar-refractivity contribution < 1.29 is 17.7 Å². The van der Waals surface area contributed by atoms with Gasteiger partial charge in [0.15, 0.2) is 0 Å². The largest absolute Gasteiger partial charge is 0.410 e. The summed E-state index contributed by atoms with van der Waals surface area (Å²) in [6.07, 6.45) is 0.949. The predicted octanol–water partition coefficient (Wildman–Crippen LogP) is 2.21. The van der Waals surface area contributed by atoms with Gasteiger partial charge in [0.05, 0.1) is 17.8 Å². The highest BCUT2D eigenvalue weighted by atomic mass is 35.7. The van der Waals surface area contributed by atoms with Crippen LogP contribution in [0.4, 0.5) is 10.2 Å². The van der Waals surface area contributed by atoms with Crippen molar-refractivity contribution in [2.75, 3.05) is 0 Å². The molecule has 0 radical (unpaired) electrons. The molecule has 0 aliphatic carbocycles. The second kappa shape index (κ2) is 5.41. The third kappa shape index (κ3) is 3.37. The lowest BCUT2D eigenvalue weighted by atomic mass is 10.1. The van der Waals surface area contributed by atoms with Gasteiger partial charge in [0, 0.05) is 10.7 Å². The van der Waals surface area contributed by atoms with Crippen LogP contribution < -0.4 is 0 Å². The maximum Gasteiger partial charge on any atom is 0.410 e. The molecule has 0 fully saturated rings. The molecule has 112 valence electrons. The molecule has 0 bridgehead atoms. The van der Waals surface area contributed by atoms with Gasteiger partial charge in [0.25, 0.3) is 9.05 Å². The van der Waals surface area contributed by atoms with E-state index >= 15 is 0 Å². The summed E-state index contributed by atoms with van der Waals surface area (Å²) in [5, 5.41) is 14.4. The normalized spacial score (nSPS) is 11.6. The SMILES string of the molecule is Cc1ccc(F)cc1Cn1cc(S(=O)(=O)Cl)c([N+](=O)[O-])n1. The lowest BCUT2D eigenvalue weighted by Crippen LogP contribution is -2.03. The lowest BCUT2D eigenvalue weighted by Gasteiger charge is -2.03. The minimum atomic E-state index is -4.30. The van der Waals surface area contributed by atoms with Crippen molar-refractivity contribution in [1.29, 1.82) is 0 Å². The van der Waals surface area contributed by atoms with Gasteiger partial charge in [-0.3, -0.25) is 0 Å². The fourth-order valence-corrected chi connectivity index (χ4v) is 2.66. The Morgan fingerprint density at radius 1 is 1.48 bits per heavy atom. The minimum absolute atomic E-state index is 0.0170. The van der Waals surface area contributed by atoms with Gasteiger partial charge in [-0.1, -0.05) is 6.07 Å². The van der Waals surface area contributed by atoms with E-state index in [1.54, 1.807) is 13.0 Å². The summed E-state index contributed by atoms with van der Waals surface area (Å²) in [5.74, 6) is -1.33. The molecule has 0 atom stereocenters. The van der Waals surface area contributed by atoms with E-state index < -0.39 is 30.5 Å². The van der Waals surface area contributed by atoms with Crippen LogP contribution in [0.2, 0.25) is 0 Å². The van der Waals surface area contributed by atoms with Gasteiger partial charge in [0.1, 0.15) is 5.82 Å². The third-order valence-electron chi connectivity index (χ3n) is 2.79. The molecule has 1 heterocycles. The second-order valence-corrected chi connectivity index (χ2v) is 6.81. The Bertz CT molecular complexity index is 819. The Morgan fingerprint density at radius 3 is 2.67 bits per heavy atom. The first-order valence-electron chi connectivity index (χ1n) is 5.60. The molecule has 1 aromatic heterocycles. The highest BCUT2D eigenvalue weighted by Gasteiger charge is 2.30. The number of aryl methyl sites for hydroxylation is 1. The summed E-state index contributed by atoms with van der Waals surface area (Å²) in [4.78, 5) is 9.17. The molecule has 2 rings (SSSR count). The number of nitrogens with zero attached hydrogens (tertiary/aromatic N) is 3. The third-order valence-corrected chi connectivity index (χ3v) is 4.10. The molecule has 21 heavy (non-hydrogen) atoms. The molecule has 10 heteroatoms. The van der Waals surface area contributed by atoms with Crippen LogP contribution in [0.3, 0.4) is 0 Å². The predicted molar refractivity (Wildman–Crippen MR) is 72.2 cm³/mol. The zero-order valence-corrected chi connectivity index (χ0v) is 12.2. The van der Waals surface area contributed by atoms with E-state index in [1.165, 1.54) is 12.1 Å². The Hall–Kier alpha value is -2.00. The quantitative estimate of drug-likeness (QED) is 0.485. The average molecular weight is 334 g/mol. The highest BCUT2D eigenvalue weighted by molar-refractivity contribution is 8.13. The average Bonchev–Trinajstić information content (AvgIpc) is 2.78. The Morgan fingerprint density at radius 2 is 2.14 bits per heavy atom. The van der Waals surface area contributed by atoms with Crippen LogP contribution in [0, 0.1) is 22.9 Å². The van der Waals surface area contributed by atoms with Crippen LogP contribution in [0.15, 0.2) is 29.3 Å². The van der Waals surface area contributed by atoms with E-state index in [4.69, 9.17) is 10.7 Å². The second-order valence-electron chi connectivity index (χ2n) is 4.28. The van der Waals surface area contributed by atoms with Crippen molar-refractivity contribution in [3.8, 4) is 0 Å². The number of benzene rings is 1. The molecule has 0 aliphatic rings. The number of hydrogen-bond acceptors (Lipinski definition) is 5. The first-order valence-corrected chi connectivity index (χ1v) is 7.91. The first kappa shape index (κ1) is 15.4.